The first-order valence-electron chi connectivity index (χ1n) is 11.1. The first kappa shape index (κ1) is 23.6. The summed E-state index contributed by atoms with van der Waals surface area (Å²) >= 11 is 3.39. The topological polar surface area (TPSA) is 79.9 Å². The van der Waals surface area contributed by atoms with Crippen LogP contribution in [0.1, 0.15) is 18.9 Å². The van der Waals surface area contributed by atoms with Crippen molar-refractivity contribution in [3.63, 3.8) is 0 Å². The molecule has 1 heterocycles. The Labute approximate surface area is 207 Å². The fraction of sp³-hybridized carbons (Fsp3) is 0.231. The van der Waals surface area contributed by atoms with Crippen molar-refractivity contribution in [1.82, 2.24) is 5.43 Å². The Morgan fingerprint density at radius 2 is 1.79 bits per heavy atom. The van der Waals surface area contributed by atoms with E-state index in [1.807, 2.05) is 61.5 Å². The Morgan fingerprint density at radius 1 is 1.03 bits per heavy atom. The molecule has 3 aromatic carbocycles. The van der Waals surface area contributed by atoms with Crippen LogP contribution in [-0.2, 0) is 16.2 Å². The molecular formula is C26H26BrN3O4. The maximum Gasteiger partial charge on any atom is 0.243 e. The summed E-state index contributed by atoms with van der Waals surface area (Å²) in [5.74, 6) is 0.448. The van der Waals surface area contributed by atoms with Gasteiger partial charge >= 0.3 is 0 Å². The monoisotopic (exact) mass is 523 g/mol. The van der Waals surface area contributed by atoms with Crippen LogP contribution >= 0.6 is 15.9 Å². The van der Waals surface area contributed by atoms with Crippen LogP contribution in [0.15, 0.2) is 77.3 Å². The van der Waals surface area contributed by atoms with Gasteiger partial charge in [-0.3, -0.25) is 20.4 Å². The predicted molar refractivity (Wildman–Crippen MR) is 135 cm³/mol. The number of carbonyl (C=O) groups excluding carboxylic acids is 2. The van der Waals surface area contributed by atoms with Crippen LogP contribution < -0.4 is 25.2 Å². The summed E-state index contributed by atoms with van der Waals surface area (Å²) in [7, 11) is 0. The van der Waals surface area contributed by atoms with E-state index in [-0.39, 0.29) is 18.2 Å². The largest absolute Gasteiger partial charge is 0.490 e. The number of halogens is 1. The van der Waals surface area contributed by atoms with E-state index in [1.54, 1.807) is 23.1 Å². The second kappa shape index (κ2) is 11.1. The number of rotatable bonds is 9. The maximum absolute atomic E-state index is 12.7. The lowest BCUT2D eigenvalue weighted by molar-refractivity contribution is -0.125. The van der Waals surface area contributed by atoms with Crippen LogP contribution in [0.3, 0.4) is 0 Å². The van der Waals surface area contributed by atoms with Crippen LogP contribution in [0.5, 0.6) is 11.5 Å². The van der Waals surface area contributed by atoms with Gasteiger partial charge in [0.25, 0.3) is 0 Å². The molecule has 0 aromatic heterocycles. The number of hydrogen-bond acceptors (Lipinski definition) is 5. The fourth-order valence-electron chi connectivity index (χ4n) is 3.70. The molecule has 0 saturated carbocycles. The van der Waals surface area contributed by atoms with Crippen molar-refractivity contribution >= 4 is 39.1 Å². The molecule has 0 bridgehead atoms. The zero-order valence-electron chi connectivity index (χ0n) is 18.8. The Balaban J connectivity index is 1.35. The number of nitrogens with zero attached hydrogens (tertiary/aromatic N) is 1. The van der Waals surface area contributed by atoms with E-state index < -0.39 is 5.92 Å². The Hall–Kier alpha value is -3.52. The second-order valence-electron chi connectivity index (χ2n) is 7.86. The van der Waals surface area contributed by atoms with Crippen molar-refractivity contribution in [3.05, 3.63) is 82.8 Å². The van der Waals surface area contributed by atoms with E-state index in [0.29, 0.717) is 36.9 Å². The molecule has 2 amide bonds. The number of carbonyl (C=O) groups is 2. The summed E-state index contributed by atoms with van der Waals surface area (Å²) in [6, 6.07) is 22.7. The maximum atomic E-state index is 12.7. The van der Waals surface area contributed by atoms with Crippen molar-refractivity contribution in [3.8, 4) is 11.5 Å². The first-order valence-corrected chi connectivity index (χ1v) is 11.9. The smallest absolute Gasteiger partial charge is 0.243 e. The molecular weight excluding hydrogens is 498 g/mol. The number of hydrazine groups is 1. The quantitative estimate of drug-likeness (QED) is 0.389. The fourth-order valence-corrected chi connectivity index (χ4v) is 3.96. The van der Waals surface area contributed by atoms with Crippen molar-refractivity contribution < 1.29 is 19.1 Å². The third-order valence-corrected chi connectivity index (χ3v) is 5.97. The van der Waals surface area contributed by atoms with E-state index >= 15 is 0 Å². The molecule has 4 rings (SSSR count). The molecule has 3 aromatic rings. The Bertz CT molecular complexity index is 1140. The average molecular weight is 524 g/mol. The number of amides is 2. The summed E-state index contributed by atoms with van der Waals surface area (Å²) < 4.78 is 12.6. The van der Waals surface area contributed by atoms with Crippen molar-refractivity contribution in [2.45, 2.75) is 20.0 Å². The van der Waals surface area contributed by atoms with E-state index in [9.17, 15) is 9.59 Å². The van der Waals surface area contributed by atoms with Crippen molar-refractivity contribution in [2.24, 2.45) is 5.92 Å². The average Bonchev–Trinajstić information content (AvgIpc) is 3.25. The molecule has 0 radical (unpaired) electrons. The summed E-state index contributed by atoms with van der Waals surface area (Å²) in [6.45, 7) is 3.14. The molecule has 1 aliphatic heterocycles. The van der Waals surface area contributed by atoms with Crippen molar-refractivity contribution in [2.75, 3.05) is 23.5 Å². The summed E-state index contributed by atoms with van der Waals surface area (Å²) in [5.41, 5.74) is 8.13. The van der Waals surface area contributed by atoms with Gasteiger partial charge in [0.05, 0.1) is 18.2 Å². The molecule has 1 atom stereocenters. The third kappa shape index (κ3) is 5.88. The molecule has 1 fully saturated rings. The summed E-state index contributed by atoms with van der Waals surface area (Å²) in [5, 5.41) is 0. The number of ether oxygens (including phenoxy) is 2. The van der Waals surface area contributed by atoms with Gasteiger partial charge in [0.15, 0.2) is 11.5 Å². The highest BCUT2D eigenvalue weighted by molar-refractivity contribution is 9.10. The van der Waals surface area contributed by atoms with Crippen LogP contribution in [0.4, 0.5) is 11.4 Å². The van der Waals surface area contributed by atoms with Crippen LogP contribution in [0.25, 0.3) is 0 Å². The van der Waals surface area contributed by atoms with E-state index in [1.165, 1.54) is 0 Å². The van der Waals surface area contributed by atoms with Gasteiger partial charge < -0.3 is 14.4 Å². The molecule has 7 nitrogen and oxygen atoms in total. The zero-order chi connectivity index (χ0) is 23.9. The normalized spacial score (nSPS) is 15.2. The highest BCUT2D eigenvalue weighted by Crippen LogP contribution is 2.31. The molecule has 1 saturated heterocycles. The van der Waals surface area contributed by atoms with Gasteiger partial charge in [-0.15, -0.1) is 0 Å². The standard InChI is InChI=1S/C26H26BrN3O4/c1-2-33-24-15-21(10-13-23(24)34-17-18-6-4-3-5-7-18)28-29-26(32)19-14-25(31)30(16-19)22-11-8-20(27)9-12-22/h3-13,15,19,28H,2,14,16-17H2,1H3,(H,29,32)/t19-/m1/s1. The Morgan fingerprint density at radius 3 is 2.53 bits per heavy atom. The Kier molecular flexibility index (Phi) is 7.69. The molecule has 34 heavy (non-hydrogen) atoms. The molecule has 1 aliphatic rings. The SMILES string of the molecule is CCOc1cc(NNC(=O)[C@@H]2CC(=O)N(c3ccc(Br)cc3)C2)ccc1OCc1ccccc1. The summed E-state index contributed by atoms with van der Waals surface area (Å²) in [4.78, 5) is 26.8. The van der Waals surface area contributed by atoms with Gasteiger partial charge in [-0.25, -0.2) is 0 Å². The number of hydrogen-bond donors (Lipinski definition) is 2. The zero-order valence-corrected chi connectivity index (χ0v) is 20.4. The van der Waals surface area contributed by atoms with Gasteiger partial charge in [0.2, 0.25) is 11.8 Å². The third-order valence-electron chi connectivity index (χ3n) is 5.44. The minimum Gasteiger partial charge on any atom is -0.490 e. The number of nitrogens with one attached hydrogen (secondary N) is 2. The minimum absolute atomic E-state index is 0.0685. The number of anilines is 2. The number of benzene rings is 3. The molecule has 176 valence electrons. The van der Waals surface area contributed by atoms with Gasteiger partial charge in [-0.1, -0.05) is 46.3 Å². The lowest BCUT2D eigenvalue weighted by atomic mass is 10.1. The molecule has 8 heteroatoms. The lowest BCUT2D eigenvalue weighted by Gasteiger charge is -2.17. The van der Waals surface area contributed by atoms with Crippen LogP contribution in [0, 0.1) is 5.92 Å². The highest BCUT2D eigenvalue weighted by Gasteiger charge is 2.35. The van der Waals surface area contributed by atoms with E-state index in [0.717, 1.165) is 15.7 Å². The van der Waals surface area contributed by atoms with Crippen LogP contribution in [0.2, 0.25) is 0 Å². The van der Waals surface area contributed by atoms with Gasteiger partial charge in [0, 0.05) is 29.2 Å². The van der Waals surface area contributed by atoms with Gasteiger partial charge in [-0.05, 0) is 48.9 Å². The van der Waals surface area contributed by atoms with Crippen LogP contribution in [-0.4, -0.2) is 25.0 Å². The molecule has 0 spiro atoms. The molecule has 2 N–H and O–H groups in total. The first-order chi connectivity index (χ1) is 16.5. The van der Waals surface area contributed by atoms with Crippen molar-refractivity contribution in [1.29, 1.82) is 0 Å². The van der Waals surface area contributed by atoms with E-state index in [2.05, 4.69) is 26.8 Å². The van der Waals surface area contributed by atoms with Gasteiger partial charge in [-0.2, -0.15) is 0 Å². The predicted octanol–water partition coefficient (Wildman–Crippen LogP) is 4.92. The minimum atomic E-state index is -0.441. The van der Waals surface area contributed by atoms with Gasteiger partial charge in [0.1, 0.15) is 6.61 Å². The highest BCUT2D eigenvalue weighted by atomic mass is 79.9. The molecule has 0 aliphatic carbocycles. The summed E-state index contributed by atoms with van der Waals surface area (Å²) in [6.07, 6.45) is 0.167. The van der Waals surface area contributed by atoms with E-state index in [4.69, 9.17) is 9.47 Å². The second-order valence-corrected chi connectivity index (χ2v) is 8.78. The molecule has 0 unspecified atom stereocenters. The lowest BCUT2D eigenvalue weighted by Crippen LogP contribution is -2.36.